The number of nitrogens with zero attached hydrogens (tertiary/aromatic N) is 3. The fourth-order valence-corrected chi connectivity index (χ4v) is 9.02. The number of furan rings is 1. The molecule has 7 aromatic carbocycles. The van der Waals surface area contributed by atoms with E-state index < -0.39 is 0 Å². The lowest BCUT2D eigenvalue weighted by Gasteiger charge is -2.12. The first-order valence-corrected chi connectivity index (χ1v) is 19.5. The zero-order chi connectivity index (χ0) is 37.0. The maximum atomic E-state index is 6.70. The van der Waals surface area contributed by atoms with Crippen LogP contribution in [-0.4, -0.2) is 15.0 Å². The van der Waals surface area contributed by atoms with Gasteiger partial charge in [-0.05, 0) is 76.3 Å². The fourth-order valence-electron chi connectivity index (χ4n) is 7.87. The van der Waals surface area contributed by atoms with E-state index in [1.165, 1.54) is 31.3 Å². The summed E-state index contributed by atoms with van der Waals surface area (Å²) in [6, 6.07) is 61.8. The van der Waals surface area contributed by atoms with Crippen LogP contribution in [0.4, 0.5) is 0 Å². The van der Waals surface area contributed by atoms with Gasteiger partial charge in [-0.25, -0.2) is 9.97 Å². The Morgan fingerprint density at radius 2 is 1.04 bits per heavy atom. The highest BCUT2D eigenvalue weighted by Gasteiger charge is 2.19. The Kier molecular flexibility index (Phi) is 7.64. The normalized spacial score (nSPS) is 11.6. The van der Waals surface area contributed by atoms with Crippen LogP contribution in [0, 0.1) is 0 Å². The summed E-state index contributed by atoms with van der Waals surface area (Å²) in [6.07, 6.45) is 3.63. The Balaban J connectivity index is 1.01. The van der Waals surface area contributed by atoms with Gasteiger partial charge in [0.05, 0.1) is 11.4 Å². The van der Waals surface area contributed by atoms with Crippen molar-refractivity contribution in [1.82, 2.24) is 15.0 Å². The van der Waals surface area contributed by atoms with Gasteiger partial charge < -0.3 is 4.42 Å². The van der Waals surface area contributed by atoms with Crippen molar-refractivity contribution < 1.29 is 4.42 Å². The second-order valence-electron chi connectivity index (χ2n) is 14.0. The Morgan fingerprint density at radius 3 is 1.88 bits per heavy atom. The van der Waals surface area contributed by atoms with Crippen LogP contribution in [0.5, 0.6) is 0 Å². The topological polar surface area (TPSA) is 51.8 Å². The molecule has 0 aliphatic carbocycles. The van der Waals surface area contributed by atoms with E-state index >= 15 is 0 Å². The number of hydrogen-bond acceptors (Lipinski definition) is 5. The summed E-state index contributed by atoms with van der Waals surface area (Å²) in [5.41, 5.74) is 13.2. The van der Waals surface area contributed by atoms with Crippen LogP contribution in [0.25, 0.3) is 109 Å². The van der Waals surface area contributed by atoms with Crippen LogP contribution >= 0.6 is 11.3 Å². The third-order valence-corrected chi connectivity index (χ3v) is 11.8. The van der Waals surface area contributed by atoms with Gasteiger partial charge in [0.2, 0.25) is 0 Å². The summed E-state index contributed by atoms with van der Waals surface area (Å²) in [7, 11) is 0. The van der Waals surface area contributed by atoms with E-state index in [1.807, 2.05) is 60.1 Å². The highest BCUT2D eigenvalue weighted by atomic mass is 32.1. The number of pyridine rings is 1. The number of benzene rings is 7. The lowest BCUT2D eigenvalue weighted by atomic mass is 9.94. The van der Waals surface area contributed by atoms with E-state index in [4.69, 9.17) is 14.4 Å². The number of rotatable bonds is 6. The number of hydrogen-bond donors (Lipinski definition) is 0. The molecule has 0 atom stereocenters. The number of fused-ring (bicyclic) bond motifs is 6. The molecule has 0 radical (unpaired) electrons. The third-order valence-electron chi connectivity index (χ3n) is 10.6. The van der Waals surface area contributed by atoms with Crippen LogP contribution < -0.4 is 0 Å². The van der Waals surface area contributed by atoms with Crippen LogP contribution in [-0.2, 0) is 0 Å². The number of aromatic nitrogens is 3. The summed E-state index contributed by atoms with van der Waals surface area (Å²) >= 11 is 1.85. The molecule has 0 aliphatic rings. The summed E-state index contributed by atoms with van der Waals surface area (Å²) < 4.78 is 9.29. The quantitative estimate of drug-likeness (QED) is 0.171. The maximum absolute atomic E-state index is 6.70. The monoisotopic (exact) mass is 733 g/mol. The summed E-state index contributed by atoms with van der Waals surface area (Å²) in [4.78, 5) is 14.4. The average Bonchev–Trinajstić information content (AvgIpc) is 3.85. The van der Waals surface area contributed by atoms with Crippen molar-refractivity contribution in [2.24, 2.45) is 0 Å². The van der Waals surface area contributed by atoms with E-state index in [0.29, 0.717) is 5.82 Å². The summed E-state index contributed by atoms with van der Waals surface area (Å²) in [6.45, 7) is 0. The molecule has 4 nitrogen and oxygen atoms in total. The summed E-state index contributed by atoms with van der Waals surface area (Å²) in [5.74, 6) is 0.676. The SMILES string of the molecule is c1ccc(-c2cc(-c3ccc(-c4ccc(-c5ccc6c(c5)sc5ccccc56)c5c4oc4ccccc45)cc3)nc(-c3cccc(-c4ccncc4)c3)n2)cc1. The van der Waals surface area contributed by atoms with Crippen LogP contribution in [0.1, 0.15) is 0 Å². The van der Waals surface area contributed by atoms with E-state index in [1.54, 1.807) is 0 Å². The minimum absolute atomic E-state index is 0.676. The molecule has 0 spiro atoms. The molecule has 0 fully saturated rings. The Labute approximate surface area is 327 Å². The molecular weight excluding hydrogens is 703 g/mol. The molecule has 11 aromatic rings. The van der Waals surface area contributed by atoms with Gasteiger partial charge in [-0.1, -0.05) is 127 Å². The molecule has 4 aromatic heterocycles. The van der Waals surface area contributed by atoms with E-state index in [-0.39, 0.29) is 0 Å². The van der Waals surface area contributed by atoms with Crippen molar-refractivity contribution in [2.45, 2.75) is 0 Å². The predicted octanol–water partition coefficient (Wildman–Crippen LogP) is 14.1. The summed E-state index contributed by atoms with van der Waals surface area (Å²) in [5, 5.41) is 4.85. The van der Waals surface area contributed by atoms with Gasteiger partial charge in [0.15, 0.2) is 5.82 Å². The number of thiophene rings is 1. The van der Waals surface area contributed by atoms with Crippen LogP contribution in [0.3, 0.4) is 0 Å². The molecule has 11 rings (SSSR count). The highest BCUT2D eigenvalue weighted by Crippen LogP contribution is 2.44. The Bertz CT molecular complexity index is 3240. The van der Waals surface area contributed by atoms with Crippen molar-refractivity contribution in [3.63, 3.8) is 0 Å². The zero-order valence-corrected chi connectivity index (χ0v) is 30.9. The van der Waals surface area contributed by atoms with Crippen molar-refractivity contribution in [3.8, 4) is 67.3 Å². The Morgan fingerprint density at radius 1 is 0.393 bits per heavy atom. The van der Waals surface area contributed by atoms with Crippen molar-refractivity contribution >= 4 is 53.4 Å². The molecule has 0 saturated heterocycles. The zero-order valence-electron chi connectivity index (χ0n) is 30.1. The first-order chi connectivity index (χ1) is 27.7. The molecule has 0 saturated carbocycles. The van der Waals surface area contributed by atoms with Crippen molar-refractivity contribution in [3.05, 3.63) is 188 Å². The molecule has 4 heterocycles. The molecular formula is C51H31N3OS. The minimum atomic E-state index is 0.676. The lowest BCUT2D eigenvalue weighted by Crippen LogP contribution is -1.96. The van der Waals surface area contributed by atoms with E-state index in [9.17, 15) is 0 Å². The Hall–Kier alpha value is -7.21. The first kappa shape index (κ1) is 32.2. The molecule has 5 heteroatoms. The van der Waals surface area contributed by atoms with E-state index in [2.05, 4.69) is 145 Å². The smallest absolute Gasteiger partial charge is 0.160 e. The van der Waals surface area contributed by atoms with E-state index in [0.717, 1.165) is 72.3 Å². The van der Waals surface area contributed by atoms with Gasteiger partial charge >= 0.3 is 0 Å². The van der Waals surface area contributed by atoms with Gasteiger partial charge in [-0.3, -0.25) is 4.98 Å². The molecule has 0 amide bonds. The van der Waals surface area contributed by atoms with Gasteiger partial charge in [0.25, 0.3) is 0 Å². The van der Waals surface area contributed by atoms with Gasteiger partial charge in [0, 0.05) is 65.6 Å². The molecule has 56 heavy (non-hydrogen) atoms. The van der Waals surface area contributed by atoms with Crippen LogP contribution in [0.2, 0.25) is 0 Å². The molecule has 0 bridgehead atoms. The molecule has 0 aliphatic heterocycles. The highest BCUT2D eigenvalue weighted by molar-refractivity contribution is 7.25. The molecule has 0 unspecified atom stereocenters. The van der Waals surface area contributed by atoms with Crippen molar-refractivity contribution in [1.29, 1.82) is 0 Å². The predicted molar refractivity (Wildman–Crippen MR) is 233 cm³/mol. The molecule has 0 N–H and O–H groups in total. The van der Waals surface area contributed by atoms with Crippen molar-refractivity contribution in [2.75, 3.05) is 0 Å². The molecule has 262 valence electrons. The fraction of sp³-hybridized carbons (Fsp3) is 0. The van der Waals surface area contributed by atoms with Crippen LogP contribution in [0.15, 0.2) is 193 Å². The van der Waals surface area contributed by atoms with Gasteiger partial charge in [0.1, 0.15) is 11.2 Å². The van der Waals surface area contributed by atoms with Gasteiger partial charge in [-0.15, -0.1) is 11.3 Å². The average molecular weight is 734 g/mol. The second kappa shape index (κ2) is 13.3. The first-order valence-electron chi connectivity index (χ1n) is 18.7. The lowest BCUT2D eigenvalue weighted by molar-refractivity contribution is 0.670. The second-order valence-corrected chi connectivity index (χ2v) is 15.1. The minimum Gasteiger partial charge on any atom is -0.455 e. The van der Waals surface area contributed by atoms with Gasteiger partial charge in [-0.2, -0.15) is 0 Å². The largest absolute Gasteiger partial charge is 0.455 e. The standard InChI is InChI=1S/C51H31N3OS/c1-2-9-34(10-3-1)44-31-45(54-51(53-44)38-12-8-11-36(29-38)32-25-27-52-28-26-32)35-19-17-33(18-20-35)40-24-23-39(49-43-14-4-6-15-46(43)55-50(40)49)37-21-22-42-41-13-5-7-16-47(41)56-48(42)30-37/h1-31H. The maximum Gasteiger partial charge on any atom is 0.160 e. The number of para-hydroxylation sites is 1. The third kappa shape index (κ3) is 5.56.